The SMILES string of the molecule is CC1=C(C)C[C@@H](C(=O)O)[C@@H](C(=O)NNC(=O)c2ccc(C(C)(C)C)cc2)C1. The normalized spacial score (nSPS) is 20.2. The molecule has 146 valence electrons. The van der Waals surface area contributed by atoms with Gasteiger partial charge in [-0.15, -0.1) is 0 Å². The molecule has 0 radical (unpaired) electrons. The third-order valence-corrected chi connectivity index (χ3v) is 5.23. The van der Waals surface area contributed by atoms with E-state index in [4.69, 9.17) is 0 Å². The average molecular weight is 372 g/mol. The van der Waals surface area contributed by atoms with Gasteiger partial charge in [-0.1, -0.05) is 44.1 Å². The summed E-state index contributed by atoms with van der Waals surface area (Å²) in [5.74, 6) is -3.39. The lowest BCUT2D eigenvalue weighted by atomic mass is 9.76. The Morgan fingerprint density at radius 2 is 1.44 bits per heavy atom. The lowest BCUT2D eigenvalue weighted by Crippen LogP contribution is -2.48. The van der Waals surface area contributed by atoms with E-state index in [-0.39, 0.29) is 5.41 Å². The van der Waals surface area contributed by atoms with Crippen LogP contribution in [-0.2, 0) is 15.0 Å². The van der Waals surface area contributed by atoms with Crippen LogP contribution >= 0.6 is 0 Å². The molecule has 0 aromatic heterocycles. The molecule has 0 unspecified atom stereocenters. The summed E-state index contributed by atoms with van der Waals surface area (Å²) in [6, 6.07) is 7.18. The number of carbonyl (C=O) groups is 3. The van der Waals surface area contributed by atoms with E-state index in [1.54, 1.807) is 12.1 Å². The van der Waals surface area contributed by atoms with Crippen LogP contribution in [0.4, 0.5) is 0 Å². The molecular weight excluding hydrogens is 344 g/mol. The van der Waals surface area contributed by atoms with E-state index in [9.17, 15) is 19.5 Å². The van der Waals surface area contributed by atoms with Crippen LogP contribution in [0.25, 0.3) is 0 Å². The second kappa shape index (κ2) is 7.94. The highest BCUT2D eigenvalue weighted by Gasteiger charge is 2.37. The summed E-state index contributed by atoms with van der Waals surface area (Å²) in [5.41, 5.74) is 8.33. The Morgan fingerprint density at radius 1 is 0.926 bits per heavy atom. The van der Waals surface area contributed by atoms with Crippen LogP contribution < -0.4 is 10.9 Å². The van der Waals surface area contributed by atoms with Gasteiger partial charge in [0.05, 0.1) is 11.8 Å². The molecule has 1 aromatic rings. The molecule has 2 amide bonds. The summed E-state index contributed by atoms with van der Waals surface area (Å²) in [5, 5.41) is 9.42. The molecular formula is C21H28N2O4. The standard InChI is InChI=1S/C21H28N2O4/c1-12-10-16(17(20(26)27)11-13(12)2)19(25)23-22-18(24)14-6-8-15(9-7-14)21(3,4)5/h6-9,16-17H,10-11H2,1-5H3,(H,22,24)(H,23,25)(H,26,27)/t16-,17+/m0/s1. The Kier molecular flexibility index (Phi) is 6.08. The molecule has 0 spiro atoms. The first-order chi connectivity index (χ1) is 12.5. The number of hydrazine groups is 1. The minimum atomic E-state index is -0.994. The van der Waals surface area contributed by atoms with Gasteiger partial charge in [0.1, 0.15) is 0 Å². The van der Waals surface area contributed by atoms with Crippen molar-refractivity contribution in [3.05, 3.63) is 46.5 Å². The first kappa shape index (κ1) is 20.7. The van der Waals surface area contributed by atoms with Crippen molar-refractivity contribution in [1.82, 2.24) is 10.9 Å². The largest absolute Gasteiger partial charge is 0.481 e. The topological polar surface area (TPSA) is 95.5 Å². The number of amides is 2. The Balaban J connectivity index is 2.02. The number of carboxylic acids is 1. The van der Waals surface area contributed by atoms with Crippen molar-refractivity contribution in [3.8, 4) is 0 Å². The fourth-order valence-corrected chi connectivity index (χ4v) is 3.23. The number of benzene rings is 1. The Hall–Kier alpha value is -2.63. The monoisotopic (exact) mass is 372 g/mol. The number of hydrogen-bond donors (Lipinski definition) is 3. The molecule has 27 heavy (non-hydrogen) atoms. The minimum Gasteiger partial charge on any atom is -0.481 e. The molecule has 1 aliphatic rings. The summed E-state index contributed by atoms with van der Waals surface area (Å²) >= 11 is 0. The molecule has 3 N–H and O–H groups in total. The molecule has 0 saturated carbocycles. The second-order valence-corrected chi connectivity index (χ2v) is 8.29. The third-order valence-electron chi connectivity index (χ3n) is 5.23. The van der Waals surface area contributed by atoms with E-state index in [0.717, 1.165) is 16.7 Å². The van der Waals surface area contributed by atoms with Crippen molar-refractivity contribution >= 4 is 17.8 Å². The molecule has 0 fully saturated rings. The van der Waals surface area contributed by atoms with Gasteiger partial charge >= 0.3 is 5.97 Å². The van der Waals surface area contributed by atoms with Gasteiger partial charge in [0, 0.05) is 5.56 Å². The average Bonchev–Trinajstić information content (AvgIpc) is 2.60. The zero-order valence-electron chi connectivity index (χ0n) is 16.6. The molecule has 1 aromatic carbocycles. The first-order valence-electron chi connectivity index (χ1n) is 9.09. The molecule has 6 heteroatoms. The molecule has 0 saturated heterocycles. The van der Waals surface area contributed by atoms with Gasteiger partial charge in [-0.25, -0.2) is 0 Å². The summed E-state index contributed by atoms with van der Waals surface area (Å²) in [6.07, 6.45) is 0.728. The van der Waals surface area contributed by atoms with Crippen LogP contribution in [0.2, 0.25) is 0 Å². The molecule has 6 nitrogen and oxygen atoms in total. The highest BCUT2D eigenvalue weighted by atomic mass is 16.4. The van der Waals surface area contributed by atoms with Gasteiger partial charge in [0.15, 0.2) is 0 Å². The Bertz CT molecular complexity index is 772. The Labute approximate surface area is 160 Å². The lowest BCUT2D eigenvalue weighted by Gasteiger charge is -2.29. The summed E-state index contributed by atoms with van der Waals surface area (Å²) < 4.78 is 0. The predicted molar refractivity (Wildman–Crippen MR) is 103 cm³/mol. The van der Waals surface area contributed by atoms with Crippen LogP contribution in [0.3, 0.4) is 0 Å². The number of hydrogen-bond acceptors (Lipinski definition) is 3. The fraction of sp³-hybridized carbons (Fsp3) is 0.476. The van der Waals surface area contributed by atoms with Crippen LogP contribution in [0.5, 0.6) is 0 Å². The first-order valence-corrected chi connectivity index (χ1v) is 9.09. The second-order valence-electron chi connectivity index (χ2n) is 8.29. The number of allylic oxidation sites excluding steroid dienone is 2. The smallest absolute Gasteiger partial charge is 0.307 e. The fourth-order valence-electron chi connectivity index (χ4n) is 3.23. The van der Waals surface area contributed by atoms with Crippen molar-refractivity contribution in [1.29, 1.82) is 0 Å². The Morgan fingerprint density at radius 3 is 1.93 bits per heavy atom. The van der Waals surface area contributed by atoms with Gasteiger partial charge in [0.25, 0.3) is 5.91 Å². The molecule has 0 heterocycles. The zero-order chi connectivity index (χ0) is 20.4. The van der Waals surface area contributed by atoms with E-state index in [0.29, 0.717) is 18.4 Å². The van der Waals surface area contributed by atoms with E-state index >= 15 is 0 Å². The molecule has 0 aliphatic heterocycles. The lowest BCUT2D eigenvalue weighted by molar-refractivity contribution is -0.147. The number of carboxylic acid groups (broad SMARTS) is 1. The number of carbonyl (C=O) groups excluding carboxylic acids is 2. The highest BCUT2D eigenvalue weighted by molar-refractivity contribution is 5.96. The van der Waals surface area contributed by atoms with Crippen molar-refractivity contribution in [3.63, 3.8) is 0 Å². The molecule has 2 atom stereocenters. The van der Waals surface area contributed by atoms with Gasteiger partial charge in [-0.3, -0.25) is 25.2 Å². The summed E-state index contributed by atoms with van der Waals surface area (Å²) in [6.45, 7) is 10.1. The van der Waals surface area contributed by atoms with Gasteiger partial charge in [-0.2, -0.15) is 0 Å². The van der Waals surface area contributed by atoms with Crippen molar-refractivity contribution < 1.29 is 19.5 Å². The summed E-state index contributed by atoms with van der Waals surface area (Å²) in [7, 11) is 0. The van der Waals surface area contributed by atoms with E-state index in [2.05, 4.69) is 31.6 Å². The van der Waals surface area contributed by atoms with Crippen LogP contribution in [0.1, 0.15) is 63.4 Å². The maximum Gasteiger partial charge on any atom is 0.307 e. The van der Waals surface area contributed by atoms with Gasteiger partial charge < -0.3 is 5.11 Å². The maximum atomic E-state index is 12.5. The van der Waals surface area contributed by atoms with E-state index in [1.165, 1.54) is 0 Å². The predicted octanol–water partition coefficient (Wildman–Crippen LogP) is 3.19. The number of aliphatic carboxylic acids is 1. The maximum absolute atomic E-state index is 12.5. The summed E-state index contributed by atoms with van der Waals surface area (Å²) in [4.78, 5) is 36.3. The van der Waals surface area contributed by atoms with Crippen molar-refractivity contribution in [2.45, 2.75) is 52.9 Å². The van der Waals surface area contributed by atoms with Crippen molar-refractivity contribution in [2.24, 2.45) is 11.8 Å². The highest BCUT2D eigenvalue weighted by Crippen LogP contribution is 2.34. The minimum absolute atomic E-state index is 0.0143. The van der Waals surface area contributed by atoms with Gasteiger partial charge in [-0.05, 0) is 49.8 Å². The van der Waals surface area contributed by atoms with Gasteiger partial charge in [0.2, 0.25) is 5.91 Å². The van der Waals surface area contributed by atoms with Crippen LogP contribution in [0.15, 0.2) is 35.4 Å². The van der Waals surface area contributed by atoms with Crippen LogP contribution in [0, 0.1) is 11.8 Å². The number of nitrogens with one attached hydrogen (secondary N) is 2. The zero-order valence-corrected chi connectivity index (χ0v) is 16.6. The third kappa shape index (κ3) is 4.96. The van der Waals surface area contributed by atoms with Crippen molar-refractivity contribution in [2.75, 3.05) is 0 Å². The number of rotatable bonds is 3. The molecule has 0 bridgehead atoms. The molecule has 2 rings (SSSR count). The van der Waals surface area contributed by atoms with E-state index in [1.807, 2.05) is 26.0 Å². The van der Waals surface area contributed by atoms with E-state index < -0.39 is 29.6 Å². The quantitative estimate of drug-likeness (QED) is 0.561. The van der Waals surface area contributed by atoms with Crippen LogP contribution in [-0.4, -0.2) is 22.9 Å². The molecule has 1 aliphatic carbocycles.